The van der Waals surface area contributed by atoms with Gasteiger partial charge in [0.05, 0.1) is 6.04 Å². The first-order valence-electron chi connectivity index (χ1n) is 6.68. The predicted octanol–water partition coefficient (Wildman–Crippen LogP) is 2.98. The average Bonchev–Trinajstić information content (AvgIpc) is 2.45. The van der Waals surface area contributed by atoms with E-state index in [1.807, 2.05) is 56.6 Å². The molecule has 3 heteroatoms. The number of nitrogens with zero attached hydrogens (tertiary/aromatic N) is 1. The summed E-state index contributed by atoms with van der Waals surface area (Å²) < 4.78 is 0. The minimum atomic E-state index is -0.132. The molecule has 2 aromatic rings. The van der Waals surface area contributed by atoms with Crippen LogP contribution < -0.4 is 10.2 Å². The molecule has 0 heterocycles. The summed E-state index contributed by atoms with van der Waals surface area (Å²) in [5.74, 6) is -0.0348. The molecule has 2 rings (SSSR count). The maximum absolute atomic E-state index is 11.6. The highest BCUT2D eigenvalue weighted by Crippen LogP contribution is 2.29. The van der Waals surface area contributed by atoms with Crippen molar-refractivity contribution in [3.63, 3.8) is 0 Å². The van der Waals surface area contributed by atoms with Crippen LogP contribution in [0.25, 0.3) is 0 Å². The number of amides is 1. The van der Waals surface area contributed by atoms with Gasteiger partial charge in [-0.15, -0.1) is 0 Å². The number of anilines is 1. The van der Waals surface area contributed by atoms with Crippen LogP contribution in [0.4, 0.5) is 5.69 Å². The van der Waals surface area contributed by atoms with E-state index in [1.54, 1.807) is 6.92 Å². The Morgan fingerprint density at radius 3 is 2.20 bits per heavy atom. The summed E-state index contributed by atoms with van der Waals surface area (Å²) in [5, 5.41) is 3.04. The SMILES string of the molecule is CC(=O)NC(c1ccccc1)c1ccccc1N(C)C. The fraction of sp³-hybridized carbons (Fsp3) is 0.235. The molecule has 0 bridgehead atoms. The van der Waals surface area contributed by atoms with E-state index in [4.69, 9.17) is 0 Å². The Kier molecular flexibility index (Phi) is 4.41. The van der Waals surface area contributed by atoms with Gasteiger partial charge in [-0.2, -0.15) is 0 Å². The molecule has 0 fully saturated rings. The second kappa shape index (κ2) is 6.24. The molecule has 1 atom stereocenters. The van der Waals surface area contributed by atoms with Crippen molar-refractivity contribution in [1.82, 2.24) is 5.32 Å². The number of nitrogens with one attached hydrogen (secondary N) is 1. The zero-order valence-electron chi connectivity index (χ0n) is 12.1. The molecule has 3 nitrogen and oxygen atoms in total. The first-order chi connectivity index (χ1) is 9.59. The minimum Gasteiger partial charge on any atom is -0.377 e. The van der Waals surface area contributed by atoms with Crippen molar-refractivity contribution in [2.24, 2.45) is 0 Å². The fourth-order valence-electron chi connectivity index (χ4n) is 2.33. The smallest absolute Gasteiger partial charge is 0.217 e. The molecular weight excluding hydrogens is 248 g/mol. The maximum atomic E-state index is 11.6. The Morgan fingerprint density at radius 2 is 1.60 bits per heavy atom. The highest BCUT2D eigenvalue weighted by molar-refractivity contribution is 5.74. The van der Waals surface area contributed by atoms with Crippen LogP contribution in [0.1, 0.15) is 24.1 Å². The molecule has 1 N–H and O–H groups in total. The molecule has 2 aromatic carbocycles. The third kappa shape index (κ3) is 3.18. The molecule has 0 saturated heterocycles. The lowest BCUT2D eigenvalue weighted by Gasteiger charge is -2.25. The van der Waals surface area contributed by atoms with Gasteiger partial charge in [-0.3, -0.25) is 4.79 Å². The van der Waals surface area contributed by atoms with Gasteiger partial charge in [0.15, 0.2) is 0 Å². The number of rotatable bonds is 4. The third-order valence-corrected chi connectivity index (χ3v) is 3.21. The third-order valence-electron chi connectivity index (χ3n) is 3.21. The van der Waals surface area contributed by atoms with E-state index in [2.05, 4.69) is 22.3 Å². The monoisotopic (exact) mass is 268 g/mol. The Bertz CT molecular complexity index is 579. The molecule has 20 heavy (non-hydrogen) atoms. The van der Waals surface area contributed by atoms with Crippen molar-refractivity contribution < 1.29 is 4.79 Å². The van der Waals surface area contributed by atoms with Crippen LogP contribution in [0.2, 0.25) is 0 Å². The van der Waals surface area contributed by atoms with E-state index in [0.29, 0.717) is 0 Å². The molecule has 0 aliphatic heterocycles. The average molecular weight is 268 g/mol. The topological polar surface area (TPSA) is 32.3 Å². The number of hydrogen-bond acceptors (Lipinski definition) is 2. The van der Waals surface area contributed by atoms with E-state index < -0.39 is 0 Å². The first kappa shape index (κ1) is 14.1. The van der Waals surface area contributed by atoms with Crippen LogP contribution >= 0.6 is 0 Å². The molecule has 1 amide bonds. The maximum Gasteiger partial charge on any atom is 0.217 e. The van der Waals surface area contributed by atoms with Crippen molar-refractivity contribution in [3.05, 3.63) is 65.7 Å². The number of hydrogen-bond donors (Lipinski definition) is 1. The lowest BCUT2D eigenvalue weighted by molar-refractivity contribution is -0.119. The van der Waals surface area contributed by atoms with Crippen LogP contribution in [0.15, 0.2) is 54.6 Å². The highest BCUT2D eigenvalue weighted by Gasteiger charge is 2.18. The molecule has 0 radical (unpaired) electrons. The summed E-state index contributed by atoms with van der Waals surface area (Å²) in [6.45, 7) is 1.55. The molecule has 104 valence electrons. The molecular formula is C17H20N2O. The minimum absolute atomic E-state index is 0.0348. The summed E-state index contributed by atoms with van der Waals surface area (Å²) >= 11 is 0. The van der Waals surface area contributed by atoms with Crippen molar-refractivity contribution >= 4 is 11.6 Å². The first-order valence-corrected chi connectivity index (χ1v) is 6.68. The number of carbonyl (C=O) groups excluding carboxylic acids is 1. The summed E-state index contributed by atoms with van der Waals surface area (Å²) in [5.41, 5.74) is 3.28. The van der Waals surface area contributed by atoms with Crippen LogP contribution in [-0.2, 0) is 4.79 Å². The van der Waals surface area contributed by atoms with E-state index in [-0.39, 0.29) is 11.9 Å². The van der Waals surface area contributed by atoms with Gasteiger partial charge in [0, 0.05) is 32.3 Å². The molecule has 0 aromatic heterocycles. The van der Waals surface area contributed by atoms with Gasteiger partial charge in [0.2, 0.25) is 5.91 Å². The van der Waals surface area contributed by atoms with Crippen LogP contribution in [0.5, 0.6) is 0 Å². The van der Waals surface area contributed by atoms with E-state index >= 15 is 0 Å². The normalized spacial score (nSPS) is 11.8. The Labute approximate surface area is 120 Å². The second-order valence-corrected chi connectivity index (χ2v) is 5.00. The lowest BCUT2D eigenvalue weighted by atomic mass is 9.96. The second-order valence-electron chi connectivity index (χ2n) is 5.00. The number of benzene rings is 2. The molecule has 0 saturated carbocycles. The Balaban J connectivity index is 2.50. The van der Waals surface area contributed by atoms with Gasteiger partial charge >= 0.3 is 0 Å². The van der Waals surface area contributed by atoms with Gasteiger partial charge < -0.3 is 10.2 Å². The van der Waals surface area contributed by atoms with Crippen LogP contribution in [0, 0.1) is 0 Å². The number of para-hydroxylation sites is 1. The van der Waals surface area contributed by atoms with Gasteiger partial charge in [-0.05, 0) is 11.6 Å². The van der Waals surface area contributed by atoms with Crippen molar-refractivity contribution in [1.29, 1.82) is 0 Å². The van der Waals surface area contributed by atoms with E-state index in [0.717, 1.165) is 16.8 Å². The van der Waals surface area contributed by atoms with Gasteiger partial charge in [-0.1, -0.05) is 48.5 Å². The summed E-state index contributed by atoms with van der Waals surface area (Å²) in [6.07, 6.45) is 0. The zero-order chi connectivity index (χ0) is 14.5. The van der Waals surface area contributed by atoms with Crippen LogP contribution in [-0.4, -0.2) is 20.0 Å². The summed E-state index contributed by atoms with van der Waals surface area (Å²) in [4.78, 5) is 13.6. The Hall–Kier alpha value is -2.29. The quantitative estimate of drug-likeness (QED) is 0.924. The van der Waals surface area contributed by atoms with Crippen molar-refractivity contribution in [2.45, 2.75) is 13.0 Å². The zero-order valence-corrected chi connectivity index (χ0v) is 12.1. The van der Waals surface area contributed by atoms with Crippen molar-refractivity contribution in [2.75, 3.05) is 19.0 Å². The van der Waals surface area contributed by atoms with Gasteiger partial charge in [0.1, 0.15) is 0 Å². The largest absolute Gasteiger partial charge is 0.377 e. The van der Waals surface area contributed by atoms with Crippen LogP contribution in [0.3, 0.4) is 0 Å². The van der Waals surface area contributed by atoms with Gasteiger partial charge in [0.25, 0.3) is 0 Å². The van der Waals surface area contributed by atoms with Crippen molar-refractivity contribution in [3.8, 4) is 0 Å². The standard InChI is InChI=1S/C17H20N2O/c1-13(20)18-17(14-9-5-4-6-10-14)15-11-7-8-12-16(15)19(2)3/h4-12,17H,1-3H3,(H,18,20). The number of carbonyl (C=O) groups is 1. The van der Waals surface area contributed by atoms with Gasteiger partial charge in [-0.25, -0.2) is 0 Å². The Morgan fingerprint density at radius 1 is 1.00 bits per heavy atom. The van der Waals surface area contributed by atoms with E-state index in [9.17, 15) is 4.79 Å². The molecule has 0 spiro atoms. The molecule has 1 unspecified atom stereocenters. The summed E-state index contributed by atoms with van der Waals surface area (Å²) in [7, 11) is 4.02. The lowest BCUT2D eigenvalue weighted by Crippen LogP contribution is -2.28. The highest BCUT2D eigenvalue weighted by atomic mass is 16.1. The fourth-order valence-corrected chi connectivity index (χ4v) is 2.33. The molecule has 0 aliphatic carbocycles. The predicted molar refractivity (Wildman–Crippen MR) is 82.9 cm³/mol. The molecule has 0 aliphatic rings. The van der Waals surface area contributed by atoms with E-state index in [1.165, 1.54) is 0 Å². The summed E-state index contributed by atoms with van der Waals surface area (Å²) in [6, 6.07) is 18.0.